The number of nitrogens with zero attached hydrogens (tertiary/aromatic N) is 3. The molecule has 3 amide bonds. The molecule has 4 N–H and O–H groups in total. The maximum atomic E-state index is 13.0. The number of fused-ring (bicyclic) bond motifs is 1. The monoisotopic (exact) mass is 422 g/mol. The van der Waals surface area contributed by atoms with E-state index in [9.17, 15) is 22.8 Å². The van der Waals surface area contributed by atoms with E-state index in [4.69, 9.17) is 10.5 Å². The predicted octanol–water partition coefficient (Wildman–Crippen LogP) is 3.18. The summed E-state index contributed by atoms with van der Waals surface area (Å²) in [6, 6.07) is 5.87. The highest BCUT2D eigenvalue weighted by atomic mass is 19.3. The normalized spacial score (nSPS) is 12.0. The second-order valence-corrected chi connectivity index (χ2v) is 6.26. The van der Waals surface area contributed by atoms with Gasteiger partial charge >= 0.3 is 12.1 Å². The minimum absolute atomic E-state index is 0.0485. The molecule has 0 saturated heterocycles. The van der Waals surface area contributed by atoms with Gasteiger partial charge in [-0.1, -0.05) is 12.1 Å². The molecule has 1 aromatic carbocycles. The van der Waals surface area contributed by atoms with Gasteiger partial charge in [0.05, 0.1) is 16.9 Å². The van der Waals surface area contributed by atoms with Gasteiger partial charge in [-0.2, -0.15) is 0 Å². The minimum Gasteiger partial charge on any atom is -0.389 e. The van der Waals surface area contributed by atoms with Gasteiger partial charge in [0.25, 0.3) is 12.3 Å². The molecular formula is C18H17F3N6O3. The second kappa shape index (κ2) is 8.68. The van der Waals surface area contributed by atoms with Crippen molar-refractivity contribution in [3.05, 3.63) is 47.9 Å². The minimum atomic E-state index is -2.72. The maximum Gasteiger partial charge on any atom is 0.411 e. The van der Waals surface area contributed by atoms with Crippen molar-refractivity contribution >= 4 is 28.8 Å². The van der Waals surface area contributed by atoms with Crippen molar-refractivity contribution in [3.8, 4) is 5.88 Å². The molecule has 0 aliphatic carbocycles. The van der Waals surface area contributed by atoms with Gasteiger partial charge in [-0.25, -0.2) is 27.7 Å². The molecule has 0 saturated carbocycles. The van der Waals surface area contributed by atoms with E-state index >= 15 is 0 Å². The van der Waals surface area contributed by atoms with Crippen molar-refractivity contribution in [3.63, 3.8) is 0 Å². The summed E-state index contributed by atoms with van der Waals surface area (Å²) in [6.45, 7) is 0.935. The van der Waals surface area contributed by atoms with E-state index in [0.29, 0.717) is 5.56 Å². The van der Waals surface area contributed by atoms with Crippen LogP contribution < -0.4 is 21.1 Å². The number of anilines is 1. The number of carbonyl (C=O) groups excluding carboxylic acids is 2. The van der Waals surface area contributed by atoms with Crippen molar-refractivity contribution in [1.29, 1.82) is 0 Å². The molecule has 2 aromatic heterocycles. The van der Waals surface area contributed by atoms with E-state index in [0.717, 1.165) is 4.68 Å². The van der Waals surface area contributed by atoms with Gasteiger partial charge in [-0.3, -0.25) is 10.00 Å². The number of carbonyl (C=O) groups is 2. The third-order valence-electron chi connectivity index (χ3n) is 4.07. The molecule has 2 heterocycles. The van der Waals surface area contributed by atoms with E-state index in [2.05, 4.69) is 20.7 Å². The number of aromatic nitrogens is 3. The van der Waals surface area contributed by atoms with Gasteiger partial charge in [0, 0.05) is 12.3 Å². The van der Waals surface area contributed by atoms with Crippen LogP contribution in [-0.2, 0) is 6.54 Å². The largest absolute Gasteiger partial charge is 0.411 e. The van der Waals surface area contributed by atoms with Gasteiger partial charge in [0.15, 0.2) is 0 Å². The van der Waals surface area contributed by atoms with Crippen LogP contribution in [0.3, 0.4) is 0 Å². The Morgan fingerprint density at radius 3 is 2.60 bits per heavy atom. The predicted molar refractivity (Wildman–Crippen MR) is 101 cm³/mol. The lowest BCUT2D eigenvalue weighted by atomic mass is 10.1. The molecule has 3 aromatic rings. The van der Waals surface area contributed by atoms with Crippen LogP contribution in [0.15, 0.2) is 36.5 Å². The lowest BCUT2D eigenvalue weighted by molar-refractivity contribution is 0.123. The highest BCUT2D eigenvalue weighted by Gasteiger charge is 2.18. The second-order valence-electron chi connectivity index (χ2n) is 6.26. The SMILES string of the molecule is C[C@@H](NC(=O)Nc1cc2c(cn1)c(OC(N)=O)nn2CC(F)F)c1ccc(F)cc1. The number of alkyl halides is 2. The molecule has 3 rings (SSSR count). The van der Waals surface area contributed by atoms with E-state index in [1.54, 1.807) is 6.92 Å². The van der Waals surface area contributed by atoms with Gasteiger partial charge in [0.1, 0.15) is 18.2 Å². The van der Waals surface area contributed by atoms with E-state index in [1.165, 1.54) is 36.5 Å². The van der Waals surface area contributed by atoms with Gasteiger partial charge < -0.3 is 15.8 Å². The highest BCUT2D eigenvalue weighted by molar-refractivity contribution is 5.92. The van der Waals surface area contributed by atoms with Crippen LogP contribution in [0.2, 0.25) is 0 Å². The zero-order valence-corrected chi connectivity index (χ0v) is 15.6. The maximum absolute atomic E-state index is 13.0. The lowest BCUT2D eigenvalue weighted by Gasteiger charge is -2.15. The van der Waals surface area contributed by atoms with Crippen molar-refractivity contribution in [2.45, 2.75) is 25.9 Å². The van der Waals surface area contributed by atoms with Crippen molar-refractivity contribution in [2.75, 3.05) is 5.32 Å². The Balaban J connectivity index is 1.79. The Morgan fingerprint density at radius 2 is 1.97 bits per heavy atom. The first-order valence-corrected chi connectivity index (χ1v) is 8.68. The van der Waals surface area contributed by atoms with Crippen molar-refractivity contribution < 1.29 is 27.5 Å². The van der Waals surface area contributed by atoms with Crippen LogP contribution in [0.1, 0.15) is 18.5 Å². The highest BCUT2D eigenvalue weighted by Crippen LogP contribution is 2.27. The standard InChI is InChI=1S/C18H17F3N6O3/c1-9(10-2-4-11(19)5-3-10)24-18(29)25-15-6-13-12(7-23-15)16(30-17(22)28)26-27(13)8-14(20)21/h2-7,9,14H,8H2,1H3,(H2,22,28)(H2,23,24,25,29)/t9-/m1/s1. The zero-order valence-electron chi connectivity index (χ0n) is 15.6. The molecule has 0 unspecified atom stereocenters. The van der Waals surface area contributed by atoms with Crippen LogP contribution in [0, 0.1) is 5.82 Å². The van der Waals surface area contributed by atoms with Crippen LogP contribution in [-0.4, -0.2) is 33.3 Å². The smallest absolute Gasteiger partial charge is 0.389 e. The number of rotatable bonds is 6. The Morgan fingerprint density at radius 1 is 1.27 bits per heavy atom. The number of nitrogens with two attached hydrogens (primary N) is 1. The Labute approximate surface area is 168 Å². The number of amides is 3. The lowest BCUT2D eigenvalue weighted by Crippen LogP contribution is -2.31. The number of benzene rings is 1. The van der Waals surface area contributed by atoms with Crippen molar-refractivity contribution in [1.82, 2.24) is 20.1 Å². The summed E-state index contributed by atoms with van der Waals surface area (Å²) in [5, 5.41) is 9.10. The fraction of sp³-hybridized carbons (Fsp3) is 0.222. The van der Waals surface area contributed by atoms with Crippen LogP contribution in [0.25, 0.3) is 10.9 Å². The quantitative estimate of drug-likeness (QED) is 0.563. The fourth-order valence-corrected chi connectivity index (χ4v) is 2.73. The number of nitrogens with one attached hydrogen (secondary N) is 2. The number of primary amides is 1. The van der Waals surface area contributed by atoms with Crippen LogP contribution in [0.5, 0.6) is 5.88 Å². The molecule has 0 aliphatic heterocycles. The molecule has 0 spiro atoms. The number of urea groups is 1. The summed E-state index contributed by atoms with van der Waals surface area (Å²) >= 11 is 0. The van der Waals surface area contributed by atoms with Gasteiger partial charge in [-0.15, -0.1) is 5.10 Å². The van der Waals surface area contributed by atoms with Gasteiger partial charge in [0.2, 0.25) is 0 Å². The summed E-state index contributed by atoms with van der Waals surface area (Å²) in [7, 11) is 0. The first kappa shape index (κ1) is 20.9. The van der Waals surface area contributed by atoms with Crippen LogP contribution in [0.4, 0.5) is 28.6 Å². The number of hydrogen-bond donors (Lipinski definition) is 3. The molecule has 30 heavy (non-hydrogen) atoms. The van der Waals surface area contributed by atoms with E-state index in [1.807, 2.05) is 0 Å². The molecule has 0 aliphatic rings. The first-order valence-electron chi connectivity index (χ1n) is 8.68. The molecule has 0 bridgehead atoms. The van der Waals surface area contributed by atoms with Gasteiger partial charge in [-0.05, 0) is 24.6 Å². The Kier molecular flexibility index (Phi) is 6.04. The molecule has 0 fully saturated rings. The Bertz CT molecular complexity index is 1070. The molecule has 158 valence electrons. The van der Waals surface area contributed by atoms with E-state index in [-0.39, 0.29) is 22.6 Å². The third-order valence-corrected chi connectivity index (χ3v) is 4.07. The summed E-state index contributed by atoms with van der Waals surface area (Å²) in [6.07, 6.45) is -2.67. The molecule has 1 atom stereocenters. The fourth-order valence-electron chi connectivity index (χ4n) is 2.73. The summed E-state index contributed by atoms with van der Waals surface area (Å²) in [5.41, 5.74) is 5.79. The van der Waals surface area contributed by atoms with Crippen LogP contribution >= 0.6 is 0 Å². The van der Waals surface area contributed by atoms with Crippen molar-refractivity contribution in [2.24, 2.45) is 5.73 Å². The average molecular weight is 422 g/mol. The molecular weight excluding hydrogens is 405 g/mol. The number of pyridine rings is 1. The molecule has 0 radical (unpaired) electrons. The molecule has 9 nitrogen and oxygen atoms in total. The molecule has 12 heteroatoms. The Hall–Kier alpha value is -3.83. The summed E-state index contributed by atoms with van der Waals surface area (Å²) in [4.78, 5) is 27.2. The summed E-state index contributed by atoms with van der Waals surface area (Å²) in [5.74, 6) is -0.619. The number of ether oxygens (including phenoxy) is 1. The topological polar surface area (TPSA) is 124 Å². The van der Waals surface area contributed by atoms with E-state index < -0.39 is 37.0 Å². The number of halogens is 3. The zero-order chi connectivity index (χ0) is 21.8. The number of hydrogen-bond acceptors (Lipinski definition) is 5. The first-order chi connectivity index (χ1) is 14.2. The summed E-state index contributed by atoms with van der Waals surface area (Å²) < 4.78 is 44.3. The third kappa shape index (κ3) is 4.96. The average Bonchev–Trinajstić information content (AvgIpc) is 2.97.